The molecule has 0 unspecified atom stereocenters. The fourth-order valence-corrected chi connectivity index (χ4v) is 8.63. The monoisotopic (exact) mass is 710 g/mol. The Hall–Kier alpha value is -3.85. The summed E-state index contributed by atoms with van der Waals surface area (Å²) in [6.45, 7) is 1.97. The summed E-state index contributed by atoms with van der Waals surface area (Å²) in [5, 5.41) is 36.1. The van der Waals surface area contributed by atoms with E-state index in [9.17, 15) is 34.3 Å². The van der Waals surface area contributed by atoms with Crippen molar-refractivity contribution in [3.05, 3.63) is 45.2 Å². The van der Waals surface area contributed by atoms with Crippen LogP contribution >= 0.6 is 46.6 Å². The zero-order valence-electron chi connectivity index (χ0n) is 24.2. The Labute approximate surface area is 278 Å². The standard InChI is InChI=1S/C26H30N8O8S4/c1-11-17(32-26(28)45-11)18(33-42)22(38)31-19-23(39)34-20(25(40)41)15(10-44-24(19)34)46-14-4-5-29-8-12(14)9-43-7-6-30-21(37)13(27)2-3-16(35)36/h4-5,8,13,19,24,42H,2-3,6-7,9-10,27H2,1H3,(H2,28,32)(H,30,37)(H,31,38)(H,35,36)(H,40,41)/b33-18-/t13-,19+,24+/m0/s1. The second kappa shape index (κ2) is 15.6. The van der Waals surface area contributed by atoms with Gasteiger partial charge < -0.3 is 37.5 Å². The van der Waals surface area contributed by atoms with E-state index in [0.29, 0.717) is 27.8 Å². The lowest BCUT2D eigenvalue weighted by molar-refractivity contribution is -0.150. The number of hydrogen-bond donors (Lipinski definition) is 7. The summed E-state index contributed by atoms with van der Waals surface area (Å²) < 4.78 is 0. The number of anilines is 1. The first-order valence-electron chi connectivity index (χ1n) is 13.5. The van der Waals surface area contributed by atoms with Crippen LogP contribution in [0.15, 0.2) is 39.1 Å². The number of thiazole rings is 1. The minimum atomic E-state index is -1.29. The number of carbonyl (C=O) groups excluding carboxylic acids is 3. The molecule has 246 valence electrons. The smallest absolute Gasteiger partial charge is 0.353 e. The maximum atomic E-state index is 13.2. The summed E-state index contributed by atoms with van der Waals surface area (Å²) in [5.41, 5.74) is 11.7. The van der Waals surface area contributed by atoms with Crippen molar-refractivity contribution < 1.29 is 39.4 Å². The largest absolute Gasteiger partial charge is 0.481 e. The molecule has 4 heterocycles. The second-order valence-corrected chi connectivity index (χ2v) is 14.4. The van der Waals surface area contributed by atoms with E-state index in [1.165, 1.54) is 35.3 Å². The van der Waals surface area contributed by atoms with Crippen LogP contribution in [0.5, 0.6) is 0 Å². The van der Waals surface area contributed by atoms with Crippen LogP contribution < -0.4 is 22.1 Å². The van der Waals surface area contributed by atoms with Crippen molar-refractivity contribution in [2.45, 2.75) is 47.9 Å². The number of carbonyl (C=O) groups is 5. The van der Waals surface area contributed by atoms with Crippen molar-refractivity contribution >= 4 is 87.1 Å². The molecule has 0 spiro atoms. The highest BCUT2D eigenvalue weighted by atomic mass is 32.2. The Balaban J connectivity index is 1.37. The van der Waals surface area contributed by atoms with Gasteiger partial charge in [0.05, 0.1) is 6.04 Å². The fourth-order valence-electron chi connectivity index (χ4n) is 4.44. The van der Waals surface area contributed by atoms with Crippen molar-refractivity contribution in [1.29, 1.82) is 0 Å². The molecule has 16 nitrogen and oxygen atoms in total. The van der Waals surface area contributed by atoms with Crippen LogP contribution in [0.3, 0.4) is 0 Å². The van der Waals surface area contributed by atoms with Gasteiger partial charge in [0.1, 0.15) is 22.8 Å². The van der Waals surface area contributed by atoms with Crippen LogP contribution in [-0.2, 0) is 29.7 Å². The van der Waals surface area contributed by atoms with E-state index >= 15 is 0 Å². The summed E-state index contributed by atoms with van der Waals surface area (Å²) >= 11 is 5.11. The Morgan fingerprint density at radius 2 is 2.04 bits per heavy atom. The third kappa shape index (κ3) is 8.10. The molecule has 2 aliphatic rings. The number of fused-ring (bicyclic) bond motifs is 1. The predicted octanol–water partition coefficient (Wildman–Crippen LogP) is 0.637. The molecule has 46 heavy (non-hydrogen) atoms. The number of amides is 3. The molecular formula is C26H30N8O8S4. The third-order valence-electron chi connectivity index (χ3n) is 6.68. The van der Waals surface area contributed by atoms with Gasteiger partial charge in [-0.3, -0.25) is 29.1 Å². The lowest BCUT2D eigenvalue weighted by atomic mass is 10.0. The van der Waals surface area contributed by atoms with E-state index < -0.39 is 52.8 Å². The van der Waals surface area contributed by atoms with E-state index in [1.807, 2.05) is 0 Å². The van der Waals surface area contributed by atoms with Crippen molar-refractivity contribution in [3.8, 4) is 0 Å². The van der Waals surface area contributed by atoms with Gasteiger partial charge in [0.2, 0.25) is 5.91 Å². The SMILES string of the molecule is Cc1sc(N)nc1/C(=N/O)C(=O)N[C@@H]1C(=O)N2C(C(=O)O)=C(Sc3ccncc3CSCCNC(=O)[C@@H](N)CCC(=O)O)CS[C@H]12. The number of nitrogens with two attached hydrogens (primary N) is 2. The van der Waals surface area contributed by atoms with Crippen molar-refractivity contribution in [1.82, 2.24) is 25.5 Å². The molecule has 9 N–H and O–H groups in total. The number of thioether (sulfide) groups is 3. The zero-order chi connectivity index (χ0) is 33.5. The maximum Gasteiger partial charge on any atom is 0.353 e. The van der Waals surface area contributed by atoms with Gasteiger partial charge in [-0.25, -0.2) is 9.78 Å². The van der Waals surface area contributed by atoms with Gasteiger partial charge in [-0.05, 0) is 25.0 Å². The highest BCUT2D eigenvalue weighted by Gasteiger charge is 2.54. The lowest BCUT2D eigenvalue weighted by Gasteiger charge is -2.49. The molecule has 0 saturated carbocycles. The number of rotatable bonds is 15. The van der Waals surface area contributed by atoms with Gasteiger partial charge in [0, 0.05) is 57.3 Å². The van der Waals surface area contributed by atoms with Gasteiger partial charge in [-0.2, -0.15) is 11.8 Å². The number of aliphatic carboxylic acids is 2. The number of nitrogen functional groups attached to an aromatic ring is 1. The van der Waals surface area contributed by atoms with Crippen LogP contribution in [-0.4, -0.2) is 101 Å². The Morgan fingerprint density at radius 3 is 2.70 bits per heavy atom. The molecule has 20 heteroatoms. The number of aromatic nitrogens is 2. The second-order valence-electron chi connectivity index (χ2n) is 9.81. The number of carboxylic acid groups (broad SMARTS) is 2. The molecule has 2 aliphatic heterocycles. The first-order chi connectivity index (χ1) is 21.9. The Bertz CT molecular complexity index is 1600. The predicted molar refractivity (Wildman–Crippen MR) is 173 cm³/mol. The van der Waals surface area contributed by atoms with Crippen LogP contribution in [0.25, 0.3) is 0 Å². The van der Waals surface area contributed by atoms with Gasteiger partial charge in [0.15, 0.2) is 10.8 Å². The average molecular weight is 711 g/mol. The van der Waals surface area contributed by atoms with Crippen LogP contribution in [0.1, 0.15) is 29.0 Å². The van der Waals surface area contributed by atoms with Crippen molar-refractivity contribution in [3.63, 3.8) is 0 Å². The van der Waals surface area contributed by atoms with Gasteiger partial charge >= 0.3 is 11.9 Å². The molecule has 1 saturated heterocycles. The molecule has 1 fully saturated rings. The number of pyridine rings is 1. The molecule has 0 aromatic carbocycles. The van der Waals surface area contributed by atoms with Gasteiger partial charge in [-0.1, -0.05) is 16.9 Å². The first kappa shape index (κ1) is 35.0. The van der Waals surface area contributed by atoms with E-state index in [-0.39, 0.29) is 35.1 Å². The molecule has 3 atom stereocenters. The van der Waals surface area contributed by atoms with Gasteiger partial charge in [-0.15, -0.1) is 23.1 Å². The summed E-state index contributed by atoms with van der Waals surface area (Å²) in [4.78, 5) is 72.2. The number of β-lactam (4-membered cyclic amide) rings is 1. The molecule has 2 aromatic heterocycles. The number of aryl methyl sites for hydroxylation is 1. The number of oxime groups is 1. The minimum Gasteiger partial charge on any atom is -0.481 e. The quantitative estimate of drug-likeness (QED) is 0.0440. The van der Waals surface area contributed by atoms with Crippen LogP contribution in [0.4, 0.5) is 5.13 Å². The summed E-state index contributed by atoms with van der Waals surface area (Å²) in [6.07, 6.45) is 3.08. The molecule has 0 aliphatic carbocycles. The molecule has 0 bridgehead atoms. The van der Waals surface area contributed by atoms with Gasteiger partial charge in [0.25, 0.3) is 11.8 Å². The third-order valence-corrected chi connectivity index (χ3v) is 11.1. The molecular weight excluding hydrogens is 681 g/mol. The molecule has 0 radical (unpaired) electrons. The van der Waals surface area contributed by atoms with Crippen LogP contribution in [0.2, 0.25) is 0 Å². The number of carboxylic acids is 2. The number of hydrogen-bond acceptors (Lipinski definition) is 15. The lowest BCUT2D eigenvalue weighted by Crippen LogP contribution is -2.71. The first-order valence-corrected chi connectivity index (χ1v) is 17.4. The average Bonchev–Trinajstić information content (AvgIpc) is 3.35. The number of nitrogens with one attached hydrogen (secondary N) is 2. The topological polar surface area (TPSA) is 264 Å². The molecule has 3 amide bonds. The minimum absolute atomic E-state index is 0.0402. The van der Waals surface area contributed by atoms with Crippen molar-refractivity contribution in [2.24, 2.45) is 10.9 Å². The number of nitrogens with zero attached hydrogens (tertiary/aromatic N) is 4. The highest BCUT2D eigenvalue weighted by molar-refractivity contribution is 8.06. The van der Waals surface area contributed by atoms with E-state index in [2.05, 4.69) is 25.8 Å². The highest BCUT2D eigenvalue weighted by Crippen LogP contribution is 2.46. The Kier molecular flexibility index (Phi) is 11.9. The Morgan fingerprint density at radius 1 is 1.28 bits per heavy atom. The molecule has 4 rings (SSSR count). The summed E-state index contributed by atoms with van der Waals surface area (Å²) in [5.74, 6) is -2.94. The van der Waals surface area contributed by atoms with Crippen molar-refractivity contribution in [2.75, 3.05) is 23.8 Å². The summed E-state index contributed by atoms with van der Waals surface area (Å²) in [6, 6.07) is -0.209. The normalized spacial score (nSPS) is 18.4. The van der Waals surface area contributed by atoms with E-state index in [1.54, 1.807) is 25.4 Å². The van der Waals surface area contributed by atoms with Crippen LogP contribution in [0, 0.1) is 6.92 Å². The fraction of sp³-hybridized carbons (Fsp3) is 0.385. The van der Waals surface area contributed by atoms with E-state index in [4.69, 9.17) is 16.6 Å². The zero-order valence-corrected chi connectivity index (χ0v) is 27.4. The maximum absolute atomic E-state index is 13.2. The van der Waals surface area contributed by atoms with E-state index in [0.717, 1.165) is 26.7 Å². The summed E-state index contributed by atoms with van der Waals surface area (Å²) in [7, 11) is 0. The molecule has 2 aromatic rings.